The Kier molecular flexibility index (Phi) is 4.65. The van der Waals surface area contributed by atoms with Crippen LogP contribution in [0.5, 0.6) is 5.75 Å². The largest absolute Gasteiger partial charge is 0.497 e. The van der Waals surface area contributed by atoms with E-state index in [0.717, 1.165) is 48.1 Å². The smallest absolute Gasteiger partial charge is 0.119 e. The van der Waals surface area contributed by atoms with Gasteiger partial charge in [0.25, 0.3) is 0 Å². The fourth-order valence-corrected chi connectivity index (χ4v) is 2.85. The van der Waals surface area contributed by atoms with Gasteiger partial charge in [-0.05, 0) is 56.1 Å². The standard InChI is InChI=1S/C14H20BrNO2/c1-18-12-3-4-13(15)11(9-12)10-14(17)5-2-7-16-8-6-14/h3-4,9,16-17H,2,5-8,10H2,1H3. The predicted octanol–water partition coefficient (Wildman–Crippen LogP) is 2.50. The average molecular weight is 314 g/mol. The summed E-state index contributed by atoms with van der Waals surface area (Å²) in [4.78, 5) is 0. The molecule has 1 atom stereocenters. The summed E-state index contributed by atoms with van der Waals surface area (Å²) in [6.07, 6.45) is 3.35. The van der Waals surface area contributed by atoms with Crippen LogP contribution in [0.4, 0.5) is 0 Å². The molecule has 0 spiro atoms. The summed E-state index contributed by atoms with van der Waals surface area (Å²) in [6, 6.07) is 5.90. The van der Waals surface area contributed by atoms with Gasteiger partial charge in [-0.15, -0.1) is 0 Å². The number of aliphatic hydroxyl groups is 1. The van der Waals surface area contributed by atoms with Crippen LogP contribution < -0.4 is 10.1 Å². The van der Waals surface area contributed by atoms with Gasteiger partial charge in [0.1, 0.15) is 5.75 Å². The van der Waals surface area contributed by atoms with Crippen LogP contribution in [0.1, 0.15) is 24.8 Å². The van der Waals surface area contributed by atoms with E-state index < -0.39 is 5.60 Å². The summed E-state index contributed by atoms with van der Waals surface area (Å²) < 4.78 is 6.28. The molecule has 0 saturated carbocycles. The molecule has 0 radical (unpaired) electrons. The molecule has 1 saturated heterocycles. The Morgan fingerprint density at radius 3 is 3.00 bits per heavy atom. The summed E-state index contributed by atoms with van der Waals surface area (Å²) in [6.45, 7) is 1.89. The highest BCUT2D eigenvalue weighted by atomic mass is 79.9. The van der Waals surface area contributed by atoms with E-state index in [1.807, 2.05) is 18.2 Å². The molecule has 0 amide bonds. The summed E-state index contributed by atoms with van der Waals surface area (Å²) in [5.41, 5.74) is 0.511. The number of halogens is 1. The number of hydrogen-bond donors (Lipinski definition) is 2. The molecule has 1 aliphatic heterocycles. The Balaban J connectivity index is 2.16. The molecule has 1 heterocycles. The van der Waals surface area contributed by atoms with E-state index in [2.05, 4.69) is 21.2 Å². The first-order valence-corrected chi connectivity index (χ1v) is 7.18. The zero-order valence-electron chi connectivity index (χ0n) is 10.7. The number of rotatable bonds is 3. The first kappa shape index (κ1) is 13.8. The third-order valence-corrected chi connectivity index (χ3v) is 4.31. The van der Waals surface area contributed by atoms with Gasteiger partial charge in [-0.25, -0.2) is 0 Å². The normalized spacial score (nSPS) is 24.6. The minimum absolute atomic E-state index is 0.599. The van der Waals surface area contributed by atoms with Gasteiger partial charge < -0.3 is 15.2 Å². The molecule has 0 aliphatic carbocycles. The zero-order valence-corrected chi connectivity index (χ0v) is 12.3. The van der Waals surface area contributed by atoms with E-state index in [0.29, 0.717) is 6.42 Å². The summed E-state index contributed by atoms with van der Waals surface area (Å²) in [7, 11) is 1.66. The molecule has 3 nitrogen and oxygen atoms in total. The van der Waals surface area contributed by atoms with Gasteiger partial charge in [-0.3, -0.25) is 0 Å². The second-order valence-corrected chi connectivity index (χ2v) is 5.82. The first-order chi connectivity index (χ1) is 8.63. The number of nitrogens with one attached hydrogen (secondary N) is 1. The van der Waals surface area contributed by atoms with Crippen molar-refractivity contribution < 1.29 is 9.84 Å². The average Bonchev–Trinajstić information content (AvgIpc) is 2.57. The van der Waals surface area contributed by atoms with E-state index in [4.69, 9.17) is 4.74 Å². The van der Waals surface area contributed by atoms with Crippen LogP contribution in [0.3, 0.4) is 0 Å². The number of hydrogen-bond acceptors (Lipinski definition) is 3. The Labute approximate surface area is 117 Å². The molecule has 1 aliphatic rings. The molecular weight excluding hydrogens is 294 g/mol. The lowest BCUT2D eigenvalue weighted by Gasteiger charge is -2.27. The van der Waals surface area contributed by atoms with E-state index in [1.54, 1.807) is 7.11 Å². The fraction of sp³-hybridized carbons (Fsp3) is 0.571. The molecule has 1 aromatic rings. The minimum Gasteiger partial charge on any atom is -0.497 e. The van der Waals surface area contributed by atoms with Crippen molar-refractivity contribution in [2.75, 3.05) is 20.2 Å². The SMILES string of the molecule is COc1ccc(Br)c(CC2(O)CCCNCC2)c1. The van der Waals surface area contributed by atoms with Gasteiger partial charge in [0.2, 0.25) is 0 Å². The van der Waals surface area contributed by atoms with E-state index >= 15 is 0 Å². The van der Waals surface area contributed by atoms with Crippen LogP contribution in [-0.4, -0.2) is 30.9 Å². The van der Waals surface area contributed by atoms with Crippen molar-refractivity contribution in [3.63, 3.8) is 0 Å². The lowest BCUT2D eigenvalue weighted by molar-refractivity contribution is 0.0283. The van der Waals surface area contributed by atoms with Crippen molar-refractivity contribution >= 4 is 15.9 Å². The molecule has 0 aromatic heterocycles. The van der Waals surface area contributed by atoms with Gasteiger partial charge in [0.05, 0.1) is 12.7 Å². The van der Waals surface area contributed by atoms with Gasteiger partial charge in [-0.2, -0.15) is 0 Å². The quantitative estimate of drug-likeness (QED) is 0.901. The van der Waals surface area contributed by atoms with Crippen molar-refractivity contribution in [1.82, 2.24) is 5.32 Å². The topological polar surface area (TPSA) is 41.5 Å². The van der Waals surface area contributed by atoms with Crippen LogP contribution in [0.2, 0.25) is 0 Å². The molecule has 4 heteroatoms. The molecule has 18 heavy (non-hydrogen) atoms. The Morgan fingerprint density at radius 1 is 1.39 bits per heavy atom. The third kappa shape index (κ3) is 3.46. The highest BCUT2D eigenvalue weighted by Crippen LogP contribution is 2.30. The monoisotopic (exact) mass is 313 g/mol. The van der Waals surface area contributed by atoms with Crippen LogP contribution in [0.25, 0.3) is 0 Å². The second-order valence-electron chi connectivity index (χ2n) is 4.96. The molecule has 0 bridgehead atoms. The molecule has 1 aromatic carbocycles. The van der Waals surface area contributed by atoms with Crippen molar-refractivity contribution in [3.05, 3.63) is 28.2 Å². The van der Waals surface area contributed by atoms with Crippen molar-refractivity contribution in [2.45, 2.75) is 31.3 Å². The Bertz CT molecular complexity index is 401. The Morgan fingerprint density at radius 2 is 2.22 bits per heavy atom. The molecule has 100 valence electrons. The van der Waals surface area contributed by atoms with Crippen molar-refractivity contribution in [2.24, 2.45) is 0 Å². The molecule has 1 fully saturated rings. The van der Waals surface area contributed by atoms with Crippen LogP contribution in [-0.2, 0) is 6.42 Å². The molecular formula is C14H20BrNO2. The van der Waals surface area contributed by atoms with E-state index in [-0.39, 0.29) is 0 Å². The summed E-state index contributed by atoms with van der Waals surface area (Å²) >= 11 is 3.55. The van der Waals surface area contributed by atoms with Crippen molar-refractivity contribution in [3.8, 4) is 5.75 Å². The molecule has 1 unspecified atom stereocenters. The van der Waals surface area contributed by atoms with Gasteiger partial charge >= 0.3 is 0 Å². The van der Waals surface area contributed by atoms with E-state index in [9.17, 15) is 5.11 Å². The van der Waals surface area contributed by atoms with Crippen LogP contribution in [0, 0.1) is 0 Å². The van der Waals surface area contributed by atoms with Gasteiger partial charge in [0.15, 0.2) is 0 Å². The summed E-state index contributed by atoms with van der Waals surface area (Å²) in [5, 5.41) is 14.0. The maximum Gasteiger partial charge on any atom is 0.119 e. The van der Waals surface area contributed by atoms with Gasteiger partial charge in [0, 0.05) is 10.9 Å². The summed E-state index contributed by atoms with van der Waals surface area (Å²) in [5.74, 6) is 0.837. The second kappa shape index (κ2) is 6.04. The first-order valence-electron chi connectivity index (χ1n) is 6.38. The minimum atomic E-state index is -0.599. The van der Waals surface area contributed by atoms with Crippen molar-refractivity contribution in [1.29, 1.82) is 0 Å². The van der Waals surface area contributed by atoms with Crippen LogP contribution in [0.15, 0.2) is 22.7 Å². The van der Waals surface area contributed by atoms with Crippen LogP contribution >= 0.6 is 15.9 Å². The molecule has 2 rings (SSSR count). The highest BCUT2D eigenvalue weighted by Gasteiger charge is 2.28. The zero-order chi connectivity index (χ0) is 13.0. The van der Waals surface area contributed by atoms with E-state index in [1.165, 1.54) is 0 Å². The number of ether oxygens (including phenoxy) is 1. The fourth-order valence-electron chi connectivity index (χ4n) is 2.46. The maximum atomic E-state index is 10.7. The molecule has 2 N–H and O–H groups in total. The highest BCUT2D eigenvalue weighted by molar-refractivity contribution is 9.10. The lowest BCUT2D eigenvalue weighted by atomic mass is 9.88. The Hall–Kier alpha value is -0.580. The van der Waals surface area contributed by atoms with Gasteiger partial charge in [-0.1, -0.05) is 15.9 Å². The lowest BCUT2D eigenvalue weighted by Crippen LogP contribution is -2.32. The number of methoxy groups -OCH3 is 1. The predicted molar refractivity (Wildman–Crippen MR) is 76.1 cm³/mol. The maximum absolute atomic E-state index is 10.7. The third-order valence-electron chi connectivity index (χ3n) is 3.54. The number of benzene rings is 1.